The molecular formula is C16H20N2O3. The Morgan fingerprint density at radius 2 is 1.67 bits per heavy atom. The number of ether oxygens (including phenoxy) is 3. The summed E-state index contributed by atoms with van der Waals surface area (Å²) in [7, 11) is 4.82. The summed E-state index contributed by atoms with van der Waals surface area (Å²) < 4.78 is 16.0. The number of nitrogens with one attached hydrogen (secondary N) is 1. The quantitative estimate of drug-likeness (QED) is 0.848. The first kappa shape index (κ1) is 15.1. The molecule has 1 aromatic carbocycles. The fourth-order valence-electron chi connectivity index (χ4n) is 2.08. The molecule has 2 aromatic rings. The van der Waals surface area contributed by atoms with E-state index in [2.05, 4.69) is 10.3 Å². The molecule has 0 saturated heterocycles. The van der Waals surface area contributed by atoms with Gasteiger partial charge in [-0.2, -0.15) is 0 Å². The summed E-state index contributed by atoms with van der Waals surface area (Å²) in [5, 5.41) is 3.34. The number of pyridine rings is 1. The number of benzene rings is 1. The van der Waals surface area contributed by atoms with Gasteiger partial charge in [0.25, 0.3) is 0 Å². The zero-order chi connectivity index (χ0) is 15.1. The highest BCUT2D eigenvalue weighted by Gasteiger charge is 2.12. The van der Waals surface area contributed by atoms with Gasteiger partial charge in [0, 0.05) is 19.3 Å². The Morgan fingerprint density at radius 1 is 0.952 bits per heavy atom. The molecule has 0 aliphatic carbocycles. The first-order valence-electron chi connectivity index (χ1n) is 6.68. The number of aromatic nitrogens is 1. The molecule has 0 bridgehead atoms. The maximum absolute atomic E-state index is 5.34. The van der Waals surface area contributed by atoms with Crippen LogP contribution in [0, 0.1) is 0 Å². The Hall–Kier alpha value is -2.27. The average molecular weight is 288 g/mol. The Labute approximate surface area is 124 Å². The van der Waals surface area contributed by atoms with Crippen molar-refractivity contribution in [1.82, 2.24) is 10.3 Å². The molecule has 0 fully saturated rings. The number of hydrogen-bond donors (Lipinski definition) is 1. The van der Waals surface area contributed by atoms with Crippen molar-refractivity contribution in [2.45, 2.75) is 13.1 Å². The summed E-state index contributed by atoms with van der Waals surface area (Å²) in [6.07, 6.45) is 1.79. The lowest BCUT2D eigenvalue weighted by atomic mass is 10.1. The number of methoxy groups -OCH3 is 3. The van der Waals surface area contributed by atoms with Gasteiger partial charge in [-0.1, -0.05) is 6.07 Å². The van der Waals surface area contributed by atoms with Crippen LogP contribution >= 0.6 is 0 Å². The second kappa shape index (κ2) is 7.50. The van der Waals surface area contributed by atoms with Gasteiger partial charge in [0.15, 0.2) is 11.5 Å². The van der Waals surface area contributed by atoms with Crippen LogP contribution in [0.15, 0.2) is 36.5 Å². The predicted octanol–water partition coefficient (Wildman–Crippen LogP) is 2.40. The van der Waals surface area contributed by atoms with Crippen molar-refractivity contribution >= 4 is 0 Å². The minimum absolute atomic E-state index is 0.605. The molecule has 2 rings (SSSR count). The maximum atomic E-state index is 5.34. The van der Waals surface area contributed by atoms with E-state index in [9.17, 15) is 0 Å². The summed E-state index contributed by atoms with van der Waals surface area (Å²) in [4.78, 5) is 4.27. The average Bonchev–Trinajstić information content (AvgIpc) is 2.54. The number of rotatable bonds is 7. The van der Waals surface area contributed by atoms with Gasteiger partial charge in [-0.3, -0.25) is 4.98 Å². The molecule has 0 aliphatic heterocycles. The highest BCUT2D eigenvalue weighted by Crippen LogP contribution is 2.38. The molecule has 0 aliphatic rings. The minimum Gasteiger partial charge on any atom is -0.493 e. The molecular weight excluding hydrogens is 268 g/mol. The standard InChI is InChI=1S/C16H20N2O3/c1-19-14-8-12(9-15(20-2)16(14)21-3)10-17-11-13-6-4-5-7-18-13/h4-9,17H,10-11H2,1-3H3. The normalized spacial score (nSPS) is 10.2. The lowest BCUT2D eigenvalue weighted by Gasteiger charge is -2.14. The van der Waals surface area contributed by atoms with Gasteiger partial charge in [0.2, 0.25) is 5.75 Å². The van der Waals surface area contributed by atoms with Crippen molar-refractivity contribution in [1.29, 1.82) is 0 Å². The van der Waals surface area contributed by atoms with Crippen molar-refractivity contribution in [3.8, 4) is 17.2 Å². The number of nitrogens with zero attached hydrogens (tertiary/aromatic N) is 1. The van der Waals surface area contributed by atoms with Gasteiger partial charge >= 0.3 is 0 Å². The van der Waals surface area contributed by atoms with E-state index in [4.69, 9.17) is 14.2 Å². The molecule has 1 aromatic heterocycles. The first-order valence-corrected chi connectivity index (χ1v) is 6.68. The summed E-state index contributed by atoms with van der Waals surface area (Å²) in [6.45, 7) is 1.39. The van der Waals surface area contributed by atoms with Gasteiger partial charge in [-0.25, -0.2) is 0 Å². The first-order chi connectivity index (χ1) is 10.3. The molecule has 0 unspecified atom stereocenters. The van der Waals surface area contributed by atoms with E-state index < -0.39 is 0 Å². The van der Waals surface area contributed by atoms with Crippen molar-refractivity contribution in [3.63, 3.8) is 0 Å². The van der Waals surface area contributed by atoms with Crippen LogP contribution in [0.2, 0.25) is 0 Å². The number of hydrogen-bond acceptors (Lipinski definition) is 5. The van der Waals surface area contributed by atoms with Gasteiger partial charge < -0.3 is 19.5 Å². The van der Waals surface area contributed by atoms with E-state index in [0.29, 0.717) is 30.3 Å². The Bertz CT molecular complexity index is 548. The van der Waals surface area contributed by atoms with Crippen LogP contribution in [-0.2, 0) is 13.1 Å². The van der Waals surface area contributed by atoms with Crippen molar-refractivity contribution in [3.05, 3.63) is 47.8 Å². The summed E-state index contributed by atoms with van der Waals surface area (Å²) in [5.41, 5.74) is 2.06. The van der Waals surface area contributed by atoms with Crippen LogP contribution in [0.4, 0.5) is 0 Å². The molecule has 5 heteroatoms. The van der Waals surface area contributed by atoms with Crippen LogP contribution in [-0.4, -0.2) is 26.3 Å². The van der Waals surface area contributed by atoms with Crippen molar-refractivity contribution in [2.75, 3.05) is 21.3 Å². The van der Waals surface area contributed by atoms with Crippen molar-refractivity contribution < 1.29 is 14.2 Å². The highest BCUT2D eigenvalue weighted by atomic mass is 16.5. The second-order valence-corrected chi connectivity index (χ2v) is 4.46. The Balaban J connectivity index is 2.06. The van der Waals surface area contributed by atoms with Crippen LogP contribution < -0.4 is 19.5 Å². The molecule has 1 heterocycles. The molecule has 1 N–H and O–H groups in total. The highest BCUT2D eigenvalue weighted by molar-refractivity contribution is 5.53. The van der Waals surface area contributed by atoms with E-state index in [1.807, 2.05) is 30.3 Å². The zero-order valence-electron chi connectivity index (χ0n) is 12.6. The zero-order valence-corrected chi connectivity index (χ0v) is 12.6. The largest absolute Gasteiger partial charge is 0.493 e. The topological polar surface area (TPSA) is 52.6 Å². The van der Waals surface area contributed by atoms with Gasteiger partial charge in [-0.05, 0) is 29.8 Å². The van der Waals surface area contributed by atoms with E-state index in [-0.39, 0.29) is 0 Å². The van der Waals surface area contributed by atoms with E-state index >= 15 is 0 Å². The summed E-state index contributed by atoms with van der Waals surface area (Å²) in [5.74, 6) is 1.92. The molecule has 0 saturated carbocycles. The third-order valence-corrected chi connectivity index (χ3v) is 3.09. The van der Waals surface area contributed by atoms with E-state index in [1.54, 1.807) is 27.5 Å². The van der Waals surface area contributed by atoms with Gasteiger partial charge in [-0.15, -0.1) is 0 Å². The monoisotopic (exact) mass is 288 g/mol. The van der Waals surface area contributed by atoms with E-state index in [0.717, 1.165) is 11.3 Å². The summed E-state index contributed by atoms with van der Waals surface area (Å²) >= 11 is 0. The molecule has 0 amide bonds. The summed E-state index contributed by atoms with van der Waals surface area (Å²) in [6, 6.07) is 9.74. The fraction of sp³-hybridized carbons (Fsp3) is 0.312. The minimum atomic E-state index is 0.605. The second-order valence-electron chi connectivity index (χ2n) is 4.46. The van der Waals surface area contributed by atoms with Gasteiger partial charge in [0.1, 0.15) is 0 Å². The predicted molar refractivity (Wildman–Crippen MR) is 80.9 cm³/mol. The molecule has 0 spiro atoms. The third-order valence-electron chi connectivity index (χ3n) is 3.09. The van der Waals surface area contributed by atoms with Crippen LogP contribution in [0.25, 0.3) is 0 Å². The maximum Gasteiger partial charge on any atom is 0.203 e. The molecule has 21 heavy (non-hydrogen) atoms. The van der Waals surface area contributed by atoms with Crippen LogP contribution in [0.3, 0.4) is 0 Å². The Morgan fingerprint density at radius 3 is 2.19 bits per heavy atom. The smallest absolute Gasteiger partial charge is 0.203 e. The van der Waals surface area contributed by atoms with Crippen LogP contribution in [0.5, 0.6) is 17.2 Å². The van der Waals surface area contributed by atoms with E-state index in [1.165, 1.54) is 0 Å². The lowest BCUT2D eigenvalue weighted by molar-refractivity contribution is 0.323. The lowest BCUT2D eigenvalue weighted by Crippen LogP contribution is -2.13. The Kier molecular flexibility index (Phi) is 5.40. The van der Waals surface area contributed by atoms with Gasteiger partial charge in [0.05, 0.1) is 27.0 Å². The van der Waals surface area contributed by atoms with Crippen LogP contribution in [0.1, 0.15) is 11.3 Å². The third kappa shape index (κ3) is 3.86. The fourth-order valence-corrected chi connectivity index (χ4v) is 2.08. The SMILES string of the molecule is COc1cc(CNCc2ccccn2)cc(OC)c1OC. The molecule has 112 valence electrons. The molecule has 0 atom stereocenters. The molecule has 0 radical (unpaired) electrons. The molecule has 5 nitrogen and oxygen atoms in total. The van der Waals surface area contributed by atoms with Crippen molar-refractivity contribution in [2.24, 2.45) is 0 Å².